The first-order valence-electron chi connectivity index (χ1n) is 11.4. The number of halogens is 1. The number of anilines is 2. The van der Waals surface area contributed by atoms with E-state index in [2.05, 4.69) is 27.5 Å². The van der Waals surface area contributed by atoms with E-state index in [0.717, 1.165) is 37.4 Å². The molecule has 2 amide bonds. The summed E-state index contributed by atoms with van der Waals surface area (Å²) in [5.74, 6) is -0.802. The van der Waals surface area contributed by atoms with Gasteiger partial charge >= 0.3 is 0 Å². The molecule has 34 heavy (non-hydrogen) atoms. The first-order valence-corrected chi connectivity index (χ1v) is 11.4. The molecule has 0 bridgehead atoms. The summed E-state index contributed by atoms with van der Waals surface area (Å²) < 4.78 is 14.1. The van der Waals surface area contributed by atoms with Crippen LogP contribution in [0.15, 0.2) is 72.8 Å². The lowest BCUT2D eigenvalue weighted by atomic mass is 10.0. The Kier molecular flexibility index (Phi) is 7.23. The van der Waals surface area contributed by atoms with Crippen LogP contribution < -0.4 is 15.5 Å². The molecule has 0 radical (unpaired) electrons. The maximum atomic E-state index is 14.1. The number of hydrogen-bond donors (Lipinski definition) is 2. The molecule has 0 spiro atoms. The third kappa shape index (κ3) is 5.61. The Morgan fingerprint density at radius 3 is 2.18 bits per heavy atom. The summed E-state index contributed by atoms with van der Waals surface area (Å²) >= 11 is 0. The van der Waals surface area contributed by atoms with Crippen molar-refractivity contribution in [2.24, 2.45) is 0 Å². The van der Waals surface area contributed by atoms with E-state index in [1.807, 2.05) is 13.0 Å². The first-order chi connectivity index (χ1) is 16.4. The number of carbonyl (C=O) groups excluding carboxylic acids is 2. The zero-order valence-corrected chi connectivity index (χ0v) is 19.4. The smallest absolute Gasteiger partial charge is 0.255 e. The number of carbonyl (C=O) groups is 2. The van der Waals surface area contributed by atoms with Crippen LogP contribution in [0.1, 0.15) is 39.2 Å². The van der Waals surface area contributed by atoms with E-state index < -0.39 is 0 Å². The highest BCUT2D eigenvalue weighted by atomic mass is 19.1. The summed E-state index contributed by atoms with van der Waals surface area (Å²) in [7, 11) is 2.09. The molecule has 1 saturated heterocycles. The van der Waals surface area contributed by atoms with Crippen LogP contribution in [0.2, 0.25) is 0 Å². The van der Waals surface area contributed by atoms with Gasteiger partial charge in [0.1, 0.15) is 5.82 Å². The van der Waals surface area contributed by atoms with E-state index in [-0.39, 0.29) is 23.7 Å². The highest BCUT2D eigenvalue weighted by molar-refractivity contribution is 6.04. The summed E-state index contributed by atoms with van der Waals surface area (Å²) in [6.45, 7) is 5.44. The average molecular weight is 461 g/mol. The van der Waals surface area contributed by atoms with Gasteiger partial charge in [-0.3, -0.25) is 9.59 Å². The minimum Gasteiger partial charge on any atom is -0.369 e. The number of benzene rings is 3. The van der Waals surface area contributed by atoms with Crippen molar-refractivity contribution in [2.45, 2.75) is 13.0 Å². The Hall–Kier alpha value is -3.71. The Bertz CT molecular complexity index is 1140. The fourth-order valence-electron chi connectivity index (χ4n) is 4.06. The molecule has 0 unspecified atom stereocenters. The lowest BCUT2D eigenvalue weighted by Gasteiger charge is -2.36. The average Bonchev–Trinajstić information content (AvgIpc) is 2.85. The van der Waals surface area contributed by atoms with Gasteiger partial charge in [0.05, 0.1) is 6.04 Å². The minimum absolute atomic E-state index is 0.214. The van der Waals surface area contributed by atoms with Gasteiger partial charge in [-0.2, -0.15) is 0 Å². The minimum atomic E-state index is -0.379. The van der Waals surface area contributed by atoms with Gasteiger partial charge in [0.2, 0.25) is 0 Å². The number of amides is 2. The largest absolute Gasteiger partial charge is 0.369 e. The maximum Gasteiger partial charge on any atom is 0.255 e. The monoisotopic (exact) mass is 460 g/mol. The Morgan fingerprint density at radius 2 is 1.50 bits per heavy atom. The predicted octanol–water partition coefficient (Wildman–Crippen LogP) is 4.32. The van der Waals surface area contributed by atoms with E-state index >= 15 is 0 Å². The third-order valence-electron chi connectivity index (χ3n) is 6.09. The number of nitrogens with one attached hydrogen (secondary N) is 2. The van der Waals surface area contributed by atoms with Crippen molar-refractivity contribution in [2.75, 3.05) is 43.4 Å². The zero-order valence-electron chi connectivity index (χ0n) is 19.4. The molecule has 2 N–H and O–H groups in total. The molecule has 0 saturated carbocycles. The van der Waals surface area contributed by atoms with Crippen LogP contribution in [0.5, 0.6) is 0 Å². The van der Waals surface area contributed by atoms with Gasteiger partial charge in [-0.15, -0.1) is 0 Å². The third-order valence-corrected chi connectivity index (χ3v) is 6.09. The van der Waals surface area contributed by atoms with E-state index in [4.69, 9.17) is 0 Å². The number of piperazine rings is 1. The van der Waals surface area contributed by atoms with Crippen LogP contribution >= 0.6 is 0 Å². The molecule has 3 aromatic carbocycles. The Labute approximate surface area is 199 Å². The molecule has 0 aliphatic carbocycles. The number of likely N-dealkylation sites (N-methyl/N-ethyl adjacent to an activating group) is 1. The van der Waals surface area contributed by atoms with Gasteiger partial charge in [0.15, 0.2) is 0 Å². The second-order valence-electron chi connectivity index (χ2n) is 8.59. The van der Waals surface area contributed by atoms with Gasteiger partial charge in [-0.05, 0) is 68.6 Å². The Balaban J connectivity index is 1.43. The predicted molar refractivity (Wildman–Crippen MR) is 133 cm³/mol. The van der Waals surface area contributed by atoms with Crippen LogP contribution in [0, 0.1) is 5.82 Å². The summed E-state index contributed by atoms with van der Waals surface area (Å²) in [6, 6.07) is 20.0. The summed E-state index contributed by atoms with van der Waals surface area (Å²) in [4.78, 5) is 29.7. The van der Waals surface area contributed by atoms with Crippen LogP contribution in [0.25, 0.3) is 0 Å². The molecule has 1 atom stereocenters. The lowest BCUT2D eigenvalue weighted by molar-refractivity contribution is 0.0939. The molecule has 1 fully saturated rings. The van der Waals surface area contributed by atoms with Crippen LogP contribution in [0.4, 0.5) is 15.8 Å². The fourth-order valence-corrected chi connectivity index (χ4v) is 4.06. The van der Waals surface area contributed by atoms with E-state index in [1.54, 1.807) is 54.6 Å². The van der Waals surface area contributed by atoms with Crippen molar-refractivity contribution in [3.63, 3.8) is 0 Å². The normalized spacial score (nSPS) is 15.0. The van der Waals surface area contributed by atoms with Crippen molar-refractivity contribution in [1.29, 1.82) is 0 Å². The van der Waals surface area contributed by atoms with Crippen LogP contribution in [-0.2, 0) is 0 Å². The number of nitrogens with zero attached hydrogens (tertiary/aromatic N) is 2. The van der Waals surface area contributed by atoms with Gasteiger partial charge in [0, 0.05) is 54.2 Å². The molecule has 1 aliphatic heterocycles. The van der Waals surface area contributed by atoms with Crippen molar-refractivity contribution < 1.29 is 14.0 Å². The lowest BCUT2D eigenvalue weighted by Crippen LogP contribution is -2.45. The molecule has 1 aliphatic rings. The fraction of sp³-hybridized carbons (Fsp3) is 0.259. The zero-order chi connectivity index (χ0) is 24.1. The summed E-state index contributed by atoms with van der Waals surface area (Å²) in [6.07, 6.45) is 0. The number of rotatable bonds is 6. The van der Waals surface area contributed by atoms with Crippen molar-refractivity contribution in [1.82, 2.24) is 10.2 Å². The highest BCUT2D eigenvalue weighted by Gasteiger charge is 2.21. The SMILES string of the molecule is C[C@H](NC(=O)c1ccc(NC(=O)c2ccccc2)cc1)c1cc(F)ccc1N1CCN(C)CC1. The quantitative estimate of drug-likeness (QED) is 0.575. The Morgan fingerprint density at radius 1 is 0.853 bits per heavy atom. The highest BCUT2D eigenvalue weighted by Crippen LogP contribution is 2.28. The van der Waals surface area contributed by atoms with Gasteiger partial charge in [-0.25, -0.2) is 4.39 Å². The summed E-state index contributed by atoms with van der Waals surface area (Å²) in [5, 5.41) is 5.81. The van der Waals surface area contributed by atoms with Gasteiger partial charge in [-0.1, -0.05) is 18.2 Å². The molecule has 176 valence electrons. The van der Waals surface area contributed by atoms with Crippen molar-refractivity contribution in [3.05, 3.63) is 95.3 Å². The van der Waals surface area contributed by atoms with E-state index in [9.17, 15) is 14.0 Å². The molecular formula is C27H29FN4O2. The van der Waals surface area contributed by atoms with Gasteiger partial charge in [0.25, 0.3) is 11.8 Å². The second kappa shape index (κ2) is 10.5. The second-order valence-corrected chi connectivity index (χ2v) is 8.59. The number of hydrogen-bond acceptors (Lipinski definition) is 4. The van der Waals surface area contributed by atoms with Gasteiger partial charge < -0.3 is 20.4 Å². The molecule has 1 heterocycles. The topological polar surface area (TPSA) is 64.7 Å². The molecule has 0 aromatic heterocycles. The molecule has 3 aromatic rings. The van der Waals surface area contributed by atoms with E-state index in [1.165, 1.54) is 12.1 Å². The summed E-state index contributed by atoms with van der Waals surface area (Å²) in [5.41, 5.74) is 3.32. The first kappa shape index (κ1) is 23.4. The molecular weight excluding hydrogens is 431 g/mol. The van der Waals surface area contributed by atoms with Crippen molar-refractivity contribution >= 4 is 23.2 Å². The standard InChI is InChI=1S/C27H29FN4O2/c1-19(24-18-22(28)10-13-25(24)32-16-14-31(2)15-17-32)29-26(33)21-8-11-23(12-9-21)30-27(34)20-6-4-3-5-7-20/h3-13,18-19H,14-17H2,1-2H3,(H,29,33)(H,30,34)/t19-/m0/s1. The van der Waals surface area contributed by atoms with Crippen LogP contribution in [-0.4, -0.2) is 49.9 Å². The molecule has 7 heteroatoms. The maximum absolute atomic E-state index is 14.1. The van der Waals surface area contributed by atoms with Crippen molar-refractivity contribution in [3.8, 4) is 0 Å². The molecule has 6 nitrogen and oxygen atoms in total. The van der Waals surface area contributed by atoms with E-state index in [0.29, 0.717) is 16.8 Å². The van der Waals surface area contributed by atoms with Crippen LogP contribution in [0.3, 0.4) is 0 Å². The molecule has 4 rings (SSSR count).